The first-order chi connectivity index (χ1) is 7.49. The number of hydrogen-bond donors (Lipinski definition) is 2. The van der Waals surface area contributed by atoms with Gasteiger partial charge in [-0.05, 0) is 18.8 Å². The Balaban J connectivity index is 2.26. The second-order valence-electron chi connectivity index (χ2n) is 4.71. The van der Waals surface area contributed by atoms with E-state index in [4.69, 9.17) is 5.11 Å². The van der Waals surface area contributed by atoms with Gasteiger partial charge in [-0.1, -0.05) is 13.8 Å². The standard InChI is InChI=1S/C11H20N2O3/c1-8(2)7-10(14)12-9-3-5-13(6-4-9)11(15)16/h8-9H,3-7H2,1-2H3,(H,12,14)(H,15,16). The Bertz CT molecular complexity index is 258. The summed E-state index contributed by atoms with van der Waals surface area (Å²) in [6.45, 7) is 5.04. The van der Waals surface area contributed by atoms with Crippen molar-refractivity contribution in [2.75, 3.05) is 13.1 Å². The van der Waals surface area contributed by atoms with Crippen LogP contribution in [0.4, 0.5) is 4.79 Å². The molecule has 1 rings (SSSR count). The summed E-state index contributed by atoms with van der Waals surface area (Å²) in [5, 5.41) is 11.7. The molecular formula is C11H20N2O3. The SMILES string of the molecule is CC(C)CC(=O)NC1CCN(C(=O)O)CC1. The molecule has 5 nitrogen and oxygen atoms in total. The van der Waals surface area contributed by atoms with Crippen LogP contribution in [0.15, 0.2) is 0 Å². The second-order valence-corrected chi connectivity index (χ2v) is 4.71. The Hall–Kier alpha value is -1.26. The average molecular weight is 228 g/mol. The Kier molecular flexibility index (Phi) is 4.58. The zero-order chi connectivity index (χ0) is 12.1. The lowest BCUT2D eigenvalue weighted by Crippen LogP contribution is -2.46. The lowest BCUT2D eigenvalue weighted by atomic mass is 10.0. The van der Waals surface area contributed by atoms with Crippen molar-refractivity contribution in [1.82, 2.24) is 10.2 Å². The first-order valence-electron chi connectivity index (χ1n) is 5.76. The van der Waals surface area contributed by atoms with Crippen molar-refractivity contribution in [2.45, 2.75) is 39.2 Å². The van der Waals surface area contributed by atoms with Crippen LogP contribution in [0.25, 0.3) is 0 Å². The molecule has 1 aliphatic rings. The van der Waals surface area contributed by atoms with E-state index in [0.717, 1.165) is 12.8 Å². The number of carbonyl (C=O) groups is 2. The minimum absolute atomic E-state index is 0.0729. The number of rotatable bonds is 3. The smallest absolute Gasteiger partial charge is 0.407 e. The van der Waals surface area contributed by atoms with Crippen molar-refractivity contribution in [3.05, 3.63) is 0 Å². The summed E-state index contributed by atoms with van der Waals surface area (Å²) < 4.78 is 0. The first kappa shape index (κ1) is 12.8. The zero-order valence-electron chi connectivity index (χ0n) is 9.90. The first-order valence-corrected chi connectivity index (χ1v) is 5.76. The van der Waals surface area contributed by atoms with Crippen molar-refractivity contribution in [3.63, 3.8) is 0 Å². The molecule has 2 amide bonds. The molecule has 1 aliphatic heterocycles. The monoisotopic (exact) mass is 228 g/mol. The van der Waals surface area contributed by atoms with Crippen LogP contribution in [-0.4, -0.2) is 41.1 Å². The lowest BCUT2D eigenvalue weighted by molar-refractivity contribution is -0.122. The molecule has 0 aromatic heterocycles. The summed E-state index contributed by atoms with van der Waals surface area (Å²) in [6, 6.07) is 0.141. The quantitative estimate of drug-likeness (QED) is 0.764. The van der Waals surface area contributed by atoms with E-state index in [9.17, 15) is 9.59 Å². The number of nitrogens with one attached hydrogen (secondary N) is 1. The molecule has 0 spiro atoms. The fourth-order valence-electron chi connectivity index (χ4n) is 1.87. The molecule has 0 aromatic rings. The van der Waals surface area contributed by atoms with Gasteiger partial charge in [0.1, 0.15) is 0 Å². The van der Waals surface area contributed by atoms with Crippen LogP contribution in [0.3, 0.4) is 0 Å². The van der Waals surface area contributed by atoms with Gasteiger partial charge in [-0.25, -0.2) is 4.79 Å². The largest absolute Gasteiger partial charge is 0.465 e. The number of carbonyl (C=O) groups excluding carboxylic acids is 1. The van der Waals surface area contributed by atoms with Crippen LogP contribution in [0, 0.1) is 5.92 Å². The van der Waals surface area contributed by atoms with E-state index in [0.29, 0.717) is 25.4 Å². The summed E-state index contributed by atoms with van der Waals surface area (Å²) in [6.07, 6.45) is 1.11. The summed E-state index contributed by atoms with van der Waals surface area (Å²) in [5.74, 6) is 0.433. The molecule has 0 bridgehead atoms. The van der Waals surface area contributed by atoms with Gasteiger partial charge in [0.2, 0.25) is 5.91 Å². The van der Waals surface area contributed by atoms with E-state index < -0.39 is 6.09 Å². The van der Waals surface area contributed by atoms with Crippen molar-refractivity contribution in [3.8, 4) is 0 Å². The Morgan fingerprint density at radius 1 is 1.38 bits per heavy atom. The molecule has 0 unspecified atom stereocenters. The van der Waals surface area contributed by atoms with E-state index in [2.05, 4.69) is 5.32 Å². The predicted molar refractivity (Wildman–Crippen MR) is 60.2 cm³/mol. The number of nitrogens with zero attached hydrogens (tertiary/aromatic N) is 1. The third-order valence-corrected chi connectivity index (χ3v) is 2.72. The minimum Gasteiger partial charge on any atom is -0.465 e. The van der Waals surface area contributed by atoms with Crippen molar-refractivity contribution in [2.24, 2.45) is 5.92 Å². The third kappa shape index (κ3) is 4.08. The molecule has 0 aliphatic carbocycles. The number of piperidine rings is 1. The van der Waals surface area contributed by atoms with Gasteiger partial charge < -0.3 is 15.3 Å². The van der Waals surface area contributed by atoms with E-state index in [-0.39, 0.29) is 11.9 Å². The van der Waals surface area contributed by atoms with Crippen LogP contribution in [0.1, 0.15) is 33.1 Å². The number of amides is 2. The minimum atomic E-state index is -0.869. The fourth-order valence-corrected chi connectivity index (χ4v) is 1.87. The van der Waals surface area contributed by atoms with Crippen LogP contribution >= 0.6 is 0 Å². The number of hydrogen-bond acceptors (Lipinski definition) is 2. The highest BCUT2D eigenvalue weighted by molar-refractivity contribution is 5.76. The van der Waals surface area contributed by atoms with E-state index in [1.165, 1.54) is 4.90 Å². The molecule has 0 aromatic carbocycles. The molecule has 16 heavy (non-hydrogen) atoms. The molecule has 5 heteroatoms. The zero-order valence-corrected chi connectivity index (χ0v) is 9.90. The van der Waals surface area contributed by atoms with Gasteiger partial charge in [-0.15, -0.1) is 0 Å². The van der Waals surface area contributed by atoms with Gasteiger partial charge >= 0.3 is 6.09 Å². The average Bonchev–Trinajstić information content (AvgIpc) is 2.16. The van der Waals surface area contributed by atoms with Gasteiger partial charge in [0, 0.05) is 25.6 Å². The fraction of sp³-hybridized carbons (Fsp3) is 0.818. The van der Waals surface area contributed by atoms with Gasteiger partial charge in [0.05, 0.1) is 0 Å². The van der Waals surface area contributed by atoms with Gasteiger partial charge in [-0.3, -0.25) is 4.79 Å². The van der Waals surface area contributed by atoms with Crippen molar-refractivity contribution in [1.29, 1.82) is 0 Å². The molecule has 1 fully saturated rings. The Morgan fingerprint density at radius 3 is 2.38 bits per heavy atom. The van der Waals surface area contributed by atoms with E-state index >= 15 is 0 Å². The van der Waals surface area contributed by atoms with Gasteiger partial charge in [-0.2, -0.15) is 0 Å². The van der Waals surface area contributed by atoms with Crippen LogP contribution in [-0.2, 0) is 4.79 Å². The molecular weight excluding hydrogens is 208 g/mol. The third-order valence-electron chi connectivity index (χ3n) is 2.72. The number of carboxylic acid groups (broad SMARTS) is 1. The van der Waals surface area contributed by atoms with Gasteiger partial charge in [0.15, 0.2) is 0 Å². The highest BCUT2D eigenvalue weighted by atomic mass is 16.4. The van der Waals surface area contributed by atoms with Crippen molar-refractivity contribution >= 4 is 12.0 Å². The molecule has 0 radical (unpaired) electrons. The van der Waals surface area contributed by atoms with Crippen LogP contribution in [0.5, 0.6) is 0 Å². The number of likely N-dealkylation sites (tertiary alicyclic amines) is 1. The summed E-state index contributed by atoms with van der Waals surface area (Å²) in [7, 11) is 0. The lowest BCUT2D eigenvalue weighted by Gasteiger charge is -2.30. The maximum atomic E-state index is 11.5. The van der Waals surface area contributed by atoms with Gasteiger partial charge in [0.25, 0.3) is 0 Å². The van der Waals surface area contributed by atoms with E-state index in [1.54, 1.807) is 0 Å². The van der Waals surface area contributed by atoms with E-state index in [1.807, 2.05) is 13.8 Å². The Morgan fingerprint density at radius 2 is 1.94 bits per heavy atom. The summed E-state index contributed by atoms with van der Waals surface area (Å²) in [5.41, 5.74) is 0. The molecule has 2 N–H and O–H groups in total. The summed E-state index contributed by atoms with van der Waals surface area (Å²) in [4.78, 5) is 23.6. The normalized spacial score (nSPS) is 17.6. The van der Waals surface area contributed by atoms with Crippen LogP contribution in [0.2, 0.25) is 0 Å². The topological polar surface area (TPSA) is 69.6 Å². The maximum Gasteiger partial charge on any atom is 0.407 e. The molecule has 1 heterocycles. The highest BCUT2D eigenvalue weighted by Crippen LogP contribution is 2.11. The molecule has 0 saturated carbocycles. The predicted octanol–water partition coefficient (Wildman–Crippen LogP) is 1.29. The second kappa shape index (κ2) is 5.72. The van der Waals surface area contributed by atoms with Crippen molar-refractivity contribution < 1.29 is 14.7 Å². The molecule has 0 atom stereocenters. The summed E-state index contributed by atoms with van der Waals surface area (Å²) >= 11 is 0. The maximum absolute atomic E-state index is 11.5. The molecule has 92 valence electrons. The highest BCUT2D eigenvalue weighted by Gasteiger charge is 2.23. The van der Waals surface area contributed by atoms with Crippen LogP contribution < -0.4 is 5.32 Å². The molecule has 1 saturated heterocycles. The Labute approximate surface area is 95.8 Å².